The molecule has 2 aromatic heterocycles. The number of nitrogens with one attached hydrogen (secondary N) is 2. The van der Waals surface area contributed by atoms with Crippen molar-refractivity contribution in [1.29, 1.82) is 0 Å². The Morgan fingerprint density at radius 2 is 2.21 bits per heavy atom. The third-order valence-electron chi connectivity index (χ3n) is 2.78. The summed E-state index contributed by atoms with van der Waals surface area (Å²) in [5.41, 5.74) is 2.16. The van der Waals surface area contributed by atoms with Crippen LogP contribution in [0.1, 0.15) is 5.69 Å². The number of ether oxygens (including phenoxy) is 1. The first kappa shape index (κ1) is 12.2. The lowest BCUT2D eigenvalue weighted by atomic mass is 10.3. The van der Waals surface area contributed by atoms with E-state index in [0.717, 1.165) is 11.0 Å². The van der Waals surface area contributed by atoms with E-state index in [1.54, 1.807) is 7.11 Å². The molecule has 0 amide bonds. The van der Waals surface area contributed by atoms with Crippen LogP contribution in [0.2, 0.25) is 0 Å². The van der Waals surface area contributed by atoms with Crippen LogP contribution in [-0.2, 0) is 11.3 Å². The molecule has 19 heavy (non-hydrogen) atoms. The smallest absolute Gasteiger partial charge is 0.288 e. The fraction of sp³-hybridized carbons (Fsp3) is 0.167. The van der Waals surface area contributed by atoms with E-state index in [4.69, 9.17) is 4.74 Å². The first-order valence-corrected chi connectivity index (χ1v) is 6.43. The zero-order chi connectivity index (χ0) is 13.4. The van der Waals surface area contributed by atoms with Gasteiger partial charge in [-0.15, -0.1) is 0 Å². The zero-order valence-electron chi connectivity index (χ0n) is 10.1. The minimum absolute atomic E-state index is 0.203. The van der Waals surface area contributed by atoms with Gasteiger partial charge in [-0.05, 0) is 28.1 Å². The van der Waals surface area contributed by atoms with E-state index in [-0.39, 0.29) is 5.56 Å². The lowest BCUT2D eigenvalue weighted by molar-refractivity contribution is 0.180. The van der Waals surface area contributed by atoms with E-state index in [1.165, 1.54) is 4.68 Å². The number of halogens is 1. The second-order valence-corrected chi connectivity index (χ2v) is 4.85. The minimum atomic E-state index is -0.203. The molecule has 0 radical (unpaired) electrons. The van der Waals surface area contributed by atoms with Crippen molar-refractivity contribution >= 4 is 27.0 Å². The minimum Gasteiger partial charge on any atom is -0.378 e. The highest BCUT2D eigenvalue weighted by molar-refractivity contribution is 9.10. The van der Waals surface area contributed by atoms with Crippen LogP contribution in [0.4, 0.5) is 0 Å². The van der Waals surface area contributed by atoms with Gasteiger partial charge in [-0.1, -0.05) is 12.1 Å². The molecule has 0 aliphatic carbocycles. The number of aromatic nitrogens is 4. The molecule has 0 atom stereocenters. The van der Waals surface area contributed by atoms with Crippen LogP contribution >= 0.6 is 15.9 Å². The molecular weight excluding hydrogens is 312 g/mol. The fourth-order valence-corrected chi connectivity index (χ4v) is 2.28. The van der Waals surface area contributed by atoms with Crippen LogP contribution in [0.25, 0.3) is 17.0 Å². The number of nitrogens with zero attached hydrogens (tertiary/aromatic N) is 2. The van der Waals surface area contributed by atoms with Gasteiger partial charge in [0.1, 0.15) is 4.47 Å². The standard InChI is InChI=1S/C12H11BrN4O2/c1-19-6-9-10(13)11(18)17(16-9)12-14-7-4-2-3-5-8(7)15-12/h2-5,16H,6H2,1H3,(H,14,15). The number of rotatable bonds is 3. The van der Waals surface area contributed by atoms with Gasteiger partial charge >= 0.3 is 0 Å². The SMILES string of the molecule is COCc1[nH]n(-c2nc3ccccc3[nH]2)c(=O)c1Br. The lowest BCUT2D eigenvalue weighted by Crippen LogP contribution is -2.15. The van der Waals surface area contributed by atoms with Crippen molar-refractivity contribution in [3.05, 3.63) is 44.8 Å². The summed E-state index contributed by atoms with van der Waals surface area (Å²) in [7, 11) is 1.57. The first-order valence-electron chi connectivity index (χ1n) is 5.64. The van der Waals surface area contributed by atoms with E-state index in [1.807, 2.05) is 24.3 Å². The molecule has 1 aromatic carbocycles. The molecule has 2 heterocycles. The van der Waals surface area contributed by atoms with Gasteiger partial charge in [0.25, 0.3) is 5.56 Å². The Morgan fingerprint density at radius 3 is 2.95 bits per heavy atom. The number of aromatic amines is 2. The highest BCUT2D eigenvalue weighted by atomic mass is 79.9. The van der Waals surface area contributed by atoms with Crippen LogP contribution in [0, 0.1) is 0 Å². The Kier molecular flexibility index (Phi) is 3.00. The number of hydrogen-bond donors (Lipinski definition) is 2. The number of para-hydroxylation sites is 2. The summed E-state index contributed by atoms with van der Waals surface area (Å²) < 4.78 is 6.84. The Bertz CT molecular complexity index is 753. The molecular formula is C12H11BrN4O2. The largest absolute Gasteiger partial charge is 0.378 e. The monoisotopic (exact) mass is 322 g/mol. The van der Waals surface area contributed by atoms with Crippen LogP contribution < -0.4 is 5.56 Å². The van der Waals surface area contributed by atoms with Gasteiger partial charge < -0.3 is 9.72 Å². The Morgan fingerprint density at radius 1 is 1.42 bits per heavy atom. The first-order chi connectivity index (χ1) is 9.20. The number of H-pyrrole nitrogens is 2. The molecule has 3 rings (SSSR count). The molecule has 0 bridgehead atoms. The summed E-state index contributed by atoms with van der Waals surface area (Å²) in [5, 5.41) is 2.97. The molecule has 0 aliphatic heterocycles. The molecule has 0 aliphatic rings. The van der Waals surface area contributed by atoms with Gasteiger partial charge in [0, 0.05) is 7.11 Å². The van der Waals surface area contributed by atoms with Gasteiger partial charge in [0.2, 0.25) is 5.95 Å². The van der Waals surface area contributed by atoms with Gasteiger partial charge in [-0.25, -0.2) is 4.98 Å². The number of benzene rings is 1. The summed E-state index contributed by atoms with van der Waals surface area (Å²) >= 11 is 3.26. The van der Waals surface area contributed by atoms with Crippen molar-refractivity contribution in [2.24, 2.45) is 0 Å². The maximum absolute atomic E-state index is 12.1. The van der Waals surface area contributed by atoms with Crippen molar-refractivity contribution in [1.82, 2.24) is 19.7 Å². The second kappa shape index (κ2) is 4.67. The van der Waals surface area contributed by atoms with E-state index < -0.39 is 0 Å². The van der Waals surface area contributed by atoms with E-state index in [0.29, 0.717) is 22.7 Å². The maximum Gasteiger partial charge on any atom is 0.288 e. The van der Waals surface area contributed by atoms with Crippen molar-refractivity contribution in [3.8, 4) is 5.95 Å². The predicted octanol–water partition coefficient (Wildman–Crippen LogP) is 1.95. The van der Waals surface area contributed by atoms with Crippen LogP contribution in [0.15, 0.2) is 33.5 Å². The molecule has 2 N–H and O–H groups in total. The van der Waals surface area contributed by atoms with Crippen molar-refractivity contribution in [2.75, 3.05) is 7.11 Å². The van der Waals surface area contributed by atoms with Crippen molar-refractivity contribution in [3.63, 3.8) is 0 Å². The van der Waals surface area contributed by atoms with Crippen LogP contribution in [-0.4, -0.2) is 26.9 Å². The van der Waals surface area contributed by atoms with E-state index in [2.05, 4.69) is 31.0 Å². The summed E-state index contributed by atoms with van der Waals surface area (Å²) in [4.78, 5) is 19.6. The average molecular weight is 323 g/mol. The molecule has 0 fully saturated rings. The quantitative estimate of drug-likeness (QED) is 0.773. The van der Waals surface area contributed by atoms with Gasteiger partial charge in [-0.2, -0.15) is 4.68 Å². The predicted molar refractivity (Wildman–Crippen MR) is 74.5 cm³/mol. The number of hydrogen-bond acceptors (Lipinski definition) is 3. The molecule has 0 spiro atoms. The van der Waals surface area contributed by atoms with Crippen LogP contribution in [0.3, 0.4) is 0 Å². The summed E-state index contributed by atoms with van der Waals surface area (Å²) in [6.45, 7) is 0.322. The second-order valence-electron chi connectivity index (χ2n) is 4.06. The third kappa shape index (κ3) is 2.00. The summed E-state index contributed by atoms with van der Waals surface area (Å²) in [6.07, 6.45) is 0. The average Bonchev–Trinajstić information content (AvgIpc) is 2.95. The molecule has 0 saturated heterocycles. The number of methoxy groups -OCH3 is 1. The molecule has 0 unspecified atom stereocenters. The molecule has 7 heteroatoms. The summed E-state index contributed by atoms with van der Waals surface area (Å²) in [6, 6.07) is 7.60. The van der Waals surface area contributed by atoms with E-state index in [9.17, 15) is 4.79 Å². The van der Waals surface area contributed by atoms with Gasteiger partial charge in [-0.3, -0.25) is 9.89 Å². The normalized spacial score (nSPS) is 11.3. The summed E-state index contributed by atoms with van der Waals surface area (Å²) in [5.74, 6) is 0.453. The van der Waals surface area contributed by atoms with Gasteiger partial charge in [0.15, 0.2) is 0 Å². The van der Waals surface area contributed by atoms with Crippen molar-refractivity contribution < 1.29 is 4.74 Å². The van der Waals surface area contributed by atoms with E-state index >= 15 is 0 Å². The lowest BCUT2D eigenvalue weighted by Gasteiger charge is -1.96. The fourth-order valence-electron chi connectivity index (χ4n) is 1.90. The molecule has 6 nitrogen and oxygen atoms in total. The molecule has 0 saturated carbocycles. The highest BCUT2D eigenvalue weighted by Crippen LogP contribution is 2.15. The van der Waals surface area contributed by atoms with Crippen molar-refractivity contribution in [2.45, 2.75) is 6.61 Å². The Labute approximate surface area is 116 Å². The molecule has 3 aromatic rings. The Hall–Kier alpha value is -1.86. The third-order valence-corrected chi connectivity index (χ3v) is 3.60. The molecule has 98 valence electrons. The van der Waals surface area contributed by atoms with Gasteiger partial charge in [0.05, 0.1) is 23.3 Å². The topological polar surface area (TPSA) is 75.7 Å². The zero-order valence-corrected chi connectivity index (χ0v) is 11.7. The Balaban J connectivity index is 2.16. The number of fused-ring (bicyclic) bond motifs is 1. The maximum atomic E-state index is 12.1. The van der Waals surface area contributed by atoms with Crippen LogP contribution in [0.5, 0.6) is 0 Å². The highest BCUT2D eigenvalue weighted by Gasteiger charge is 2.14. The number of imidazole rings is 1.